The zero-order valence-electron chi connectivity index (χ0n) is 14.1. The van der Waals surface area contributed by atoms with Crippen LogP contribution >= 0.6 is 11.3 Å². The molecule has 4 rings (SSSR count). The first-order valence-electron chi connectivity index (χ1n) is 8.02. The van der Waals surface area contributed by atoms with E-state index in [1.54, 1.807) is 0 Å². The van der Waals surface area contributed by atoms with Crippen molar-refractivity contribution in [2.75, 3.05) is 26.3 Å². The third kappa shape index (κ3) is 4.77. The average Bonchev–Trinajstić information content (AvgIpc) is 2.60. The summed E-state index contributed by atoms with van der Waals surface area (Å²) >= 11 is 1.90. The van der Waals surface area contributed by atoms with E-state index in [0.29, 0.717) is 0 Å². The predicted octanol–water partition coefficient (Wildman–Crippen LogP) is -1.64. The van der Waals surface area contributed by atoms with Crippen molar-refractivity contribution in [3.63, 3.8) is 0 Å². The van der Waals surface area contributed by atoms with Gasteiger partial charge in [-0.05, 0) is 30.0 Å². The maximum Gasteiger partial charge on any atom is 0.208 e. The molecule has 1 fully saturated rings. The lowest BCUT2D eigenvalue weighted by atomic mass is 10.1. The summed E-state index contributed by atoms with van der Waals surface area (Å²) in [5.41, 5.74) is 2.73. The third-order valence-electron chi connectivity index (χ3n) is 4.15. The fraction of sp³-hybridized carbons (Fsp3) is 0.278. The summed E-state index contributed by atoms with van der Waals surface area (Å²) in [6.45, 7) is 5.82. The molecule has 26 heavy (non-hydrogen) atoms. The van der Waals surface area contributed by atoms with Gasteiger partial charge in [-0.3, -0.25) is 0 Å². The van der Waals surface area contributed by atoms with Crippen molar-refractivity contribution in [2.24, 2.45) is 0 Å². The van der Waals surface area contributed by atoms with Crippen molar-refractivity contribution in [1.29, 1.82) is 0 Å². The molecule has 0 spiro atoms. The van der Waals surface area contributed by atoms with Gasteiger partial charge in [0.1, 0.15) is 13.2 Å². The highest BCUT2D eigenvalue weighted by atomic mass is 35.7. The van der Waals surface area contributed by atoms with Crippen LogP contribution in [0.2, 0.25) is 0 Å². The lowest BCUT2D eigenvalue weighted by Gasteiger charge is -2.17. The van der Waals surface area contributed by atoms with Crippen molar-refractivity contribution >= 4 is 21.4 Å². The van der Waals surface area contributed by atoms with Gasteiger partial charge < -0.3 is 4.74 Å². The molecule has 0 unspecified atom stereocenters. The molecular weight excluding hydrogens is 378 g/mol. The van der Waals surface area contributed by atoms with Gasteiger partial charge in [-0.25, -0.2) is 23.2 Å². The maximum absolute atomic E-state index is 8.49. The van der Waals surface area contributed by atoms with E-state index < -0.39 is 10.2 Å². The Bertz CT molecular complexity index is 936. The molecule has 138 valence electrons. The normalized spacial score (nSPS) is 15.0. The Hall–Kier alpha value is -1.58. The standard InChI is InChI=1S/C18H18NOS.ClHO4/c1-13-6-7-16(19-8-10-20-11-9-19)15-12-14-4-2-3-5-17(14)21-18(13)15;2-1(3,4)5/h2-7,12H,8-11H2,1H3;(H,2,3,4,5)/q+1;/p-1. The molecule has 0 bridgehead atoms. The second-order valence-corrected chi connectivity index (χ2v) is 7.71. The highest BCUT2D eigenvalue weighted by Gasteiger charge is 2.18. The van der Waals surface area contributed by atoms with Gasteiger partial charge in [0.15, 0.2) is 13.1 Å². The van der Waals surface area contributed by atoms with E-state index in [4.69, 9.17) is 23.4 Å². The zero-order chi connectivity index (χ0) is 18.7. The van der Waals surface area contributed by atoms with Gasteiger partial charge in [0.2, 0.25) is 5.36 Å². The highest BCUT2D eigenvalue weighted by molar-refractivity contribution is 7.21. The number of hydrogen-bond acceptors (Lipinski definition) is 6. The van der Waals surface area contributed by atoms with Crippen LogP contribution in [0.5, 0.6) is 0 Å². The number of halogens is 1. The van der Waals surface area contributed by atoms with E-state index in [-0.39, 0.29) is 0 Å². The summed E-state index contributed by atoms with van der Waals surface area (Å²) in [6, 6.07) is 15.5. The first kappa shape index (κ1) is 19.2. The zero-order valence-corrected chi connectivity index (χ0v) is 15.7. The Kier molecular flexibility index (Phi) is 5.89. The molecule has 0 aromatic heterocycles. The first-order chi connectivity index (χ1) is 12.3. The summed E-state index contributed by atoms with van der Waals surface area (Å²) in [5, 5.41) is 2.68. The Morgan fingerprint density at radius 2 is 1.65 bits per heavy atom. The van der Waals surface area contributed by atoms with Crippen LogP contribution in [0.4, 0.5) is 0 Å². The molecule has 1 aromatic carbocycles. The minimum absolute atomic E-state index is 0.826. The molecule has 2 heterocycles. The Labute approximate surface area is 156 Å². The van der Waals surface area contributed by atoms with Gasteiger partial charge in [-0.15, -0.1) is 21.6 Å². The third-order valence-corrected chi connectivity index (χ3v) is 5.49. The number of aryl methyl sites for hydroxylation is 1. The van der Waals surface area contributed by atoms with Crippen LogP contribution in [0.1, 0.15) is 5.56 Å². The molecule has 1 aliphatic carbocycles. The van der Waals surface area contributed by atoms with Gasteiger partial charge in [0.25, 0.3) is 0 Å². The maximum atomic E-state index is 8.49. The van der Waals surface area contributed by atoms with E-state index in [0.717, 1.165) is 26.3 Å². The summed E-state index contributed by atoms with van der Waals surface area (Å²) < 4.78 is 43.3. The van der Waals surface area contributed by atoms with E-state index in [9.17, 15) is 0 Å². The second-order valence-electron chi connectivity index (χ2n) is 5.91. The van der Waals surface area contributed by atoms with Crippen LogP contribution in [0, 0.1) is 17.2 Å². The quantitative estimate of drug-likeness (QED) is 0.335. The Morgan fingerprint density at radius 3 is 2.35 bits per heavy atom. The van der Waals surface area contributed by atoms with Crippen molar-refractivity contribution in [3.8, 4) is 10.4 Å². The number of hydrogen-bond donors (Lipinski definition) is 0. The van der Waals surface area contributed by atoms with Crippen LogP contribution in [-0.2, 0) is 4.74 Å². The summed E-state index contributed by atoms with van der Waals surface area (Å²) in [6.07, 6.45) is 0. The number of fused-ring (bicyclic) bond motifs is 2. The van der Waals surface area contributed by atoms with Crippen molar-refractivity contribution in [3.05, 3.63) is 53.4 Å². The fourth-order valence-electron chi connectivity index (χ4n) is 3.01. The average molecular weight is 396 g/mol. The summed E-state index contributed by atoms with van der Waals surface area (Å²) in [7, 11) is -4.94. The van der Waals surface area contributed by atoms with Crippen molar-refractivity contribution < 1.29 is 33.6 Å². The Morgan fingerprint density at radius 1 is 1.00 bits per heavy atom. The Balaban J connectivity index is 0.000000349. The second kappa shape index (κ2) is 7.98. The largest absolute Gasteiger partial charge is 0.368 e. The smallest absolute Gasteiger partial charge is 0.208 e. The van der Waals surface area contributed by atoms with Gasteiger partial charge in [0, 0.05) is 15.6 Å². The molecule has 2 aliphatic heterocycles. The van der Waals surface area contributed by atoms with Crippen molar-refractivity contribution in [1.82, 2.24) is 4.58 Å². The van der Waals surface area contributed by atoms with E-state index in [1.165, 1.54) is 31.4 Å². The fourth-order valence-corrected chi connectivity index (χ4v) is 4.13. The monoisotopic (exact) mass is 395 g/mol. The molecule has 0 radical (unpaired) electrons. The number of nitrogens with zero attached hydrogens (tertiary/aromatic N) is 1. The molecule has 0 saturated carbocycles. The SMILES string of the molecule is Cc1ccc(=[N+]2CCOCC2)c2cc3ccccc3sc1-2.[O-][Cl+3]([O-])([O-])[O-]. The summed E-state index contributed by atoms with van der Waals surface area (Å²) in [5.74, 6) is 0. The van der Waals surface area contributed by atoms with Crippen LogP contribution in [0.3, 0.4) is 0 Å². The first-order valence-corrected chi connectivity index (χ1v) is 10.1. The lowest BCUT2D eigenvalue weighted by Crippen LogP contribution is -2.68. The minimum atomic E-state index is -4.94. The molecule has 0 amide bonds. The van der Waals surface area contributed by atoms with E-state index >= 15 is 0 Å². The van der Waals surface area contributed by atoms with Gasteiger partial charge >= 0.3 is 0 Å². The highest BCUT2D eigenvalue weighted by Crippen LogP contribution is 2.33. The molecule has 8 heteroatoms. The van der Waals surface area contributed by atoms with E-state index in [1.807, 2.05) is 11.3 Å². The number of ether oxygens (including phenoxy) is 1. The predicted molar refractivity (Wildman–Crippen MR) is 89.0 cm³/mol. The van der Waals surface area contributed by atoms with Crippen LogP contribution in [-0.4, -0.2) is 26.3 Å². The minimum Gasteiger partial charge on any atom is -0.368 e. The molecule has 1 aromatic rings. The van der Waals surface area contributed by atoms with Crippen molar-refractivity contribution in [2.45, 2.75) is 6.92 Å². The molecule has 0 N–H and O–H groups in total. The van der Waals surface area contributed by atoms with Crippen LogP contribution in [0.25, 0.3) is 20.5 Å². The number of rotatable bonds is 0. The van der Waals surface area contributed by atoms with Crippen LogP contribution < -0.4 is 28.6 Å². The lowest BCUT2D eigenvalue weighted by molar-refractivity contribution is -2.00. The van der Waals surface area contributed by atoms with Gasteiger partial charge in [-0.1, -0.05) is 24.3 Å². The van der Waals surface area contributed by atoms with Gasteiger partial charge in [-0.2, -0.15) is 0 Å². The number of benzene rings is 2. The molecular formula is C18H18ClNO5S. The van der Waals surface area contributed by atoms with Crippen LogP contribution in [0.15, 0.2) is 42.5 Å². The summed E-state index contributed by atoms with van der Waals surface area (Å²) in [4.78, 5) is 1.40. The molecule has 0 atom stereocenters. The number of morpholine rings is 1. The topological polar surface area (TPSA) is 104 Å². The molecule has 6 nitrogen and oxygen atoms in total. The molecule has 3 aliphatic rings. The van der Waals surface area contributed by atoms with Gasteiger partial charge in [0.05, 0.1) is 5.56 Å². The molecule has 1 saturated heterocycles. The van der Waals surface area contributed by atoms with E-state index in [2.05, 4.69) is 54.0 Å².